The molecule has 0 saturated carbocycles. The van der Waals surface area contributed by atoms with Crippen molar-refractivity contribution in [2.45, 2.75) is 39.8 Å². The smallest absolute Gasteiger partial charge is 0.0537 e. The zero-order valence-corrected chi connectivity index (χ0v) is 10.6. The average molecular weight is 225 g/mol. The first-order valence-electron chi connectivity index (χ1n) is 6.00. The van der Waals surface area contributed by atoms with Crippen LogP contribution in [0.2, 0.25) is 0 Å². The summed E-state index contributed by atoms with van der Waals surface area (Å²) in [6.07, 6.45) is 4.18. The Morgan fingerprint density at radius 2 is 2.25 bits per heavy atom. The number of unbranched alkanes of at least 4 members (excludes halogenated alkanes) is 1. The largest absolute Gasteiger partial charge is 0.385 e. The average Bonchev–Trinajstić information content (AvgIpc) is 2.64. The summed E-state index contributed by atoms with van der Waals surface area (Å²) in [5, 5.41) is 7.72. The van der Waals surface area contributed by atoms with E-state index >= 15 is 0 Å². The van der Waals surface area contributed by atoms with Gasteiger partial charge in [0.05, 0.1) is 6.20 Å². The van der Waals surface area contributed by atoms with Crippen molar-refractivity contribution in [1.82, 2.24) is 15.1 Å². The number of aryl methyl sites for hydroxylation is 1. The first-order chi connectivity index (χ1) is 7.79. The lowest BCUT2D eigenvalue weighted by Crippen LogP contribution is -2.12. The first kappa shape index (κ1) is 13.2. The van der Waals surface area contributed by atoms with Crippen LogP contribution in [0.25, 0.3) is 0 Å². The van der Waals surface area contributed by atoms with Gasteiger partial charge in [-0.2, -0.15) is 5.10 Å². The van der Waals surface area contributed by atoms with E-state index in [4.69, 9.17) is 4.74 Å². The van der Waals surface area contributed by atoms with E-state index in [9.17, 15) is 0 Å². The Bertz CT molecular complexity index is 296. The Kier molecular flexibility index (Phi) is 6.11. The van der Waals surface area contributed by atoms with Crippen LogP contribution in [0.4, 0.5) is 0 Å². The van der Waals surface area contributed by atoms with Crippen LogP contribution in [0.5, 0.6) is 0 Å². The van der Waals surface area contributed by atoms with Crippen molar-refractivity contribution >= 4 is 0 Å². The molecule has 0 aliphatic heterocycles. The summed E-state index contributed by atoms with van der Waals surface area (Å²) < 4.78 is 7.11. The zero-order valence-electron chi connectivity index (χ0n) is 10.6. The second-order valence-corrected chi connectivity index (χ2v) is 3.96. The Morgan fingerprint density at radius 1 is 1.44 bits per heavy atom. The lowest BCUT2D eigenvalue weighted by Gasteiger charge is -2.05. The topological polar surface area (TPSA) is 39.1 Å². The molecular weight excluding hydrogens is 202 g/mol. The van der Waals surface area contributed by atoms with E-state index in [1.807, 2.05) is 6.20 Å². The van der Waals surface area contributed by atoms with Crippen LogP contribution in [-0.4, -0.2) is 30.0 Å². The summed E-state index contributed by atoms with van der Waals surface area (Å²) in [7, 11) is 1.74. The Hall–Kier alpha value is -0.870. The van der Waals surface area contributed by atoms with E-state index < -0.39 is 0 Å². The SMILES string of the molecule is CCNCc1cnn(CCCCOC)c1C. The molecule has 1 heterocycles. The highest BCUT2D eigenvalue weighted by molar-refractivity contribution is 5.15. The number of ether oxygens (including phenoxy) is 1. The molecule has 0 radical (unpaired) electrons. The maximum atomic E-state index is 5.03. The van der Waals surface area contributed by atoms with E-state index in [1.54, 1.807) is 7.11 Å². The molecule has 92 valence electrons. The number of methoxy groups -OCH3 is 1. The molecule has 4 nitrogen and oxygen atoms in total. The molecule has 0 saturated heterocycles. The lowest BCUT2D eigenvalue weighted by molar-refractivity contribution is 0.191. The molecule has 0 aromatic carbocycles. The number of hydrogen-bond donors (Lipinski definition) is 1. The standard InChI is InChI=1S/C12H23N3O/c1-4-13-9-12-10-14-15(11(12)2)7-5-6-8-16-3/h10,13H,4-9H2,1-3H3. The predicted octanol–water partition coefficient (Wildman–Crippen LogP) is 1.73. The number of hydrogen-bond acceptors (Lipinski definition) is 3. The highest BCUT2D eigenvalue weighted by Crippen LogP contribution is 2.08. The summed E-state index contributed by atoms with van der Waals surface area (Å²) in [6.45, 7) is 7.99. The number of aromatic nitrogens is 2. The van der Waals surface area contributed by atoms with Crippen molar-refractivity contribution in [1.29, 1.82) is 0 Å². The quantitative estimate of drug-likeness (QED) is 0.685. The van der Waals surface area contributed by atoms with Gasteiger partial charge in [0, 0.05) is 38.1 Å². The van der Waals surface area contributed by atoms with Crippen LogP contribution in [-0.2, 0) is 17.8 Å². The lowest BCUT2D eigenvalue weighted by atomic mass is 10.2. The maximum absolute atomic E-state index is 5.03. The van der Waals surface area contributed by atoms with Gasteiger partial charge in [-0.15, -0.1) is 0 Å². The van der Waals surface area contributed by atoms with Crippen LogP contribution < -0.4 is 5.32 Å². The minimum atomic E-state index is 0.838. The third-order valence-corrected chi connectivity index (χ3v) is 2.74. The highest BCUT2D eigenvalue weighted by atomic mass is 16.5. The molecule has 0 spiro atoms. The van der Waals surface area contributed by atoms with Gasteiger partial charge in [-0.05, 0) is 26.3 Å². The Morgan fingerprint density at radius 3 is 2.94 bits per heavy atom. The molecular formula is C12H23N3O. The van der Waals surface area contributed by atoms with Crippen LogP contribution in [0.15, 0.2) is 6.20 Å². The van der Waals surface area contributed by atoms with Crippen LogP contribution in [0, 0.1) is 6.92 Å². The van der Waals surface area contributed by atoms with Crippen molar-refractivity contribution < 1.29 is 4.74 Å². The summed E-state index contributed by atoms with van der Waals surface area (Å²) in [5.74, 6) is 0. The minimum absolute atomic E-state index is 0.838. The van der Waals surface area contributed by atoms with Gasteiger partial charge in [0.25, 0.3) is 0 Å². The summed E-state index contributed by atoms with van der Waals surface area (Å²) in [5.41, 5.74) is 2.58. The van der Waals surface area contributed by atoms with Crippen molar-refractivity contribution in [2.24, 2.45) is 0 Å². The maximum Gasteiger partial charge on any atom is 0.0537 e. The molecule has 0 aliphatic carbocycles. The van der Waals surface area contributed by atoms with Crippen molar-refractivity contribution in [3.8, 4) is 0 Å². The fraction of sp³-hybridized carbons (Fsp3) is 0.750. The van der Waals surface area contributed by atoms with Crippen LogP contribution in [0.1, 0.15) is 31.0 Å². The minimum Gasteiger partial charge on any atom is -0.385 e. The summed E-state index contributed by atoms with van der Waals surface area (Å²) in [6, 6.07) is 0. The molecule has 16 heavy (non-hydrogen) atoms. The van der Waals surface area contributed by atoms with Gasteiger partial charge in [-0.3, -0.25) is 4.68 Å². The van der Waals surface area contributed by atoms with Gasteiger partial charge < -0.3 is 10.1 Å². The molecule has 4 heteroatoms. The Balaban J connectivity index is 2.38. The van der Waals surface area contributed by atoms with Crippen LogP contribution >= 0.6 is 0 Å². The zero-order chi connectivity index (χ0) is 11.8. The van der Waals surface area contributed by atoms with Gasteiger partial charge in [0.1, 0.15) is 0 Å². The molecule has 0 atom stereocenters. The van der Waals surface area contributed by atoms with Gasteiger partial charge >= 0.3 is 0 Å². The molecule has 0 amide bonds. The van der Waals surface area contributed by atoms with Crippen LogP contribution in [0.3, 0.4) is 0 Å². The Labute approximate surface area is 98.0 Å². The summed E-state index contributed by atoms with van der Waals surface area (Å²) >= 11 is 0. The van der Waals surface area contributed by atoms with Gasteiger partial charge in [0.2, 0.25) is 0 Å². The molecule has 1 aromatic heterocycles. The second-order valence-electron chi connectivity index (χ2n) is 3.96. The van der Waals surface area contributed by atoms with Crippen molar-refractivity contribution in [2.75, 3.05) is 20.3 Å². The van der Waals surface area contributed by atoms with Gasteiger partial charge in [0.15, 0.2) is 0 Å². The third-order valence-electron chi connectivity index (χ3n) is 2.74. The first-order valence-corrected chi connectivity index (χ1v) is 6.00. The highest BCUT2D eigenvalue weighted by Gasteiger charge is 2.04. The number of nitrogens with one attached hydrogen (secondary N) is 1. The second kappa shape index (κ2) is 7.41. The molecule has 0 unspecified atom stereocenters. The van der Waals surface area contributed by atoms with E-state index in [1.165, 1.54) is 11.3 Å². The number of nitrogens with zero attached hydrogens (tertiary/aromatic N) is 2. The monoisotopic (exact) mass is 225 g/mol. The fourth-order valence-corrected chi connectivity index (χ4v) is 1.65. The van der Waals surface area contributed by atoms with E-state index in [-0.39, 0.29) is 0 Å². The molecule has 1 N–H and O–H groups in total. The third kappa shape index (κ3) is 3.94. The van der Waals surface area contributed by atoms with Gasteiger partial charge in [-0.25, -0.2) is 0 Å². The fourth-order valence-electron chi connectivity index (χ4n) is 1.65. The number of rotatable bonds is 8. The normalized spacial score (nSPS) is 10.9. The molecule has 1 rings (SSSR count). The van der Waals surface area contributed by atoms with Gasteiger partial charge in [-0.1, -0.05) is 6.92 Å². The molecule has 0 bridgehead atoms. The van der Waals surface area contributed by atoms with E-state index in [0.717, 1.165) is 39.1 Å². The van der Waals surface area contributed by atoms with Crippen molar-refractivity contribution in [3.63, 3.8) is 0 Å². The van der Waals surface area contributed by atoms with E-state index in [2.05, 4.69) is 28.9 Å². The summed E-state index contributed by atoms with van der Waals surface area (Å²) in [4.78, 5) is 0. The molecule has 0 aliphatic rings. The molecule has 0 fully saturated rings. The molecule has 1 aromatic rings. The van der Waals surface area contributed by atoms with E-state index in [0.29, 0.717) is 0 Å². The van der Waals surface area contributed by atoms with Crippen molar-refractivity contribution in [3.05, 3.63) is 17.5 Å². The predicted molar refractivity (Wildman–Crippen MR) is 65.5 cm³/mol.